The Morgan fingerprint density at radius 2 is 1.72 bits per heavy atom. The summed E-state index contributed by atoms with van der Waals surface area (Å²) in [6.45, 7) is 9.86. The Hall–Kier alpha value is -3.08. The molecule has 3 aromatic rings. The molecule has 0 saturated carbocycles. The lowest BCUT2D eigenvalue weighted by atomic mass is 9.99. The Morgan fingerprint density at radius 1 is 1.03 bits per heavy atom. The fourth-order valence-corrected chi connectivity index (χ4v) is 4.12. The maximum absolute atomic E-state index is 13.3. The zero-order chi connectivity index (χ0) is 23.3. The van der Waals surface area contributed by atoms with Gasteiger partial charge in [0, 0.05) is 17.9 Å². The molecule has 0 spiro atoms. The van der Waals surface area contributed by atoms with Crippen LogP contribution in [0.1, 0.15) is 67.3 Å². The first kappa shape index (κ1) is 23.6. The molecule has 1 heterocycles. The molecule has 0 atom stereocenters. The monoisotopic (exact) mass is 434 g/mol. The summed E-state index contributed by atoms with van der Waals surface area (Å²) in [5.74, 6) is -0.389. The van der Waals surface area contributed by atoms with E-state index in [1.807, 2.05) is 45.5 Å². The van der Waals surface area contributed by atoms with E-state index < -0.39 is 5.97 Å². The van der Waals surface area contributed by atoms with Crippen LogP contribution in [0.3, 0.4) is 0 Å². The van der Waals surface area contributed by atoms with Crippen LogP contribution < -0.4 is 5.69 Å². The molecule has 32 heavy (non-hydrogen) atoms. The molecule has 1 aromatic heterocycles. The van der Waals surface area contributed by atoms with Gasteiger partial charge in [-0.05, 0) is 54.9 Å². The van der Waals surface area contributed by atoms with Crippen LogP contribution in [0, 0.1) is 12.8 Å². The Bertz CT molecular complexity index is 1120. The number of hydrogen-bond donors (Lipinski definition) is 1. The van der Waals surface area contributed by atoms with E-state index in [0.29, 0.717) is 18.0 Å². The zero-order valence-electron chi connectivity index (χ0n) is 19.6. The number of imidazole rings is 1. The van der Waals surface area contributed by atoms with Gasteiger partial charge in [0.2, 0.25) is 0 Å². The van der Waals surface area contributed by atoms with Gasteiger partial charge >= 0.3 is 11.7 Å². The highest BCUT2D eigenvalue weighted by molar-refractivity contribution is 5.95. The highest BCUT2D eigenvalue weighted by Crippen LogP contribution is 2.24. The highest BCUT2D eigenvalue weighted by atomic mass is 16.4. The summed E-state index contributed by atoms with van der Waals surface area (Å²) in [6.07, 6.45) is 4.02. The third-order valence-electron chi connectivity index (χ3n) is 6.07. The first-order valence-corrected chi connectivity index (χ1v) is 11.5. The number of aromatic nitrogens is 2. The van der Waals surface area contributed by atoms with Gasteiger partial charge in [0.25, 0.3) is 0 Å². The summed E-state index contributed by atoms with van der Waals surface area (Å²) < 4.78 is 3.86. The van der Waals surface area contributed by atoms with Gasteiger partial charge in [0.1, 0.15) is 0 Å². The average molecular weight is 435 g/mol. The number of carboxylic acid groups (broad SMARTS) is 1. The summed E-state index contributed by atoms with van der Waals surface area (Å²) in [6, 6.07) is 14.9. The van der Waals surface area contributed by atoms with E-state index in [0.717, 1.165) is 54.7 Å². The van der Waals surface area contributed by atoms with Crippen molar-refractivity contribution in [1.82, 2.24) is 9.13 Å². The SMILES string of the molecule is CCCCc1c(C)n(CCC(C)C)c(=O)n1Cc1ccc(-c2ccccc2C(=O)O)cc1. The minimum atomic E-state index is -0.935. The van der Waals surface area contributed by atoms with E-state index in [9.17, 15) is 14.7 Å². The van der Waals surface area contributed by atoms with Crippen LogP contribution in [-0.4, -0.2) is 20.2 Å². The van der Waals surface area contributed by atoms with E-state index >= 15 is 0 Å². The summed E-state index contributed by atoms with van der Waals surface area (Å²) >= 11 is 0. The van der Waals surface area contributed by atoms with Gasteiger partial charge < -0.3 is 5.11 Å². The number of rotatable bonds is 10. The third kappa shape index (κ3) is 5.21. The summed E-state index contributed by atoms with van der Waals surface area (Å²) in [4.78, 5) is 24.8. The second-order valence-electron chi connectivity index (χ2n) is 8.89. The molecule has 1 N–H and O–H groups in total. The molecule has 5 nitrogen and oxygen atoms in total. The fourth-order valence-electron chi connectivity index (χ4n) is 4.12. The molecule has 0 fully saturated rings. The standard InChI is InChI=1S/C27H34N2O3/c1-5-6-11-25-20(4)28(17-16-19(2)3)27(32)29(25)18-21-12-14-22(15-13-21)23-9-7-8-10-24(23)26(30)31/h7-10,12-15,19H,5-6,11,16-18H2,1-4H3,(H,30,31). The number of carbonyl (C=O) groups is 1. The van der Waals surface area contributed by atoms with Crippen LogP contribution in [-0.2, 0) is 19.5 Å². The number of unbranched alkanes of at least 4 members (excludes halogenated alkanes) is 1. The van der Waals surface area contributed by atoms with Crippen molar-refractivity contribution < 1.29 is 9.90 Å². The molecule has 0 amide bonds. The summed E-state index contributed by atoms with van der Waals surface area (Å²) in [7, 11) is 0. The number of hydrogen-bond acceptors (Lipinski definition) is 2. The highest BCUT2D eigenvalue weighted by Gasteiger charge is 2.17. The fraction of sp³-hybridized carbons (Fsp3) is 0.407. The Balaban J connectivity index is 1.92. The van der Waals surface area contributed by atoms with E-state index in [-0.39, 0.29) is 11.3 Å². The summed E-state index contributed by atoms with van der Waals surface area (Å²) in [5.41, 5.74) is 5.14. The molecule has 0 aliphatic heterocycles. The van der Waals surface area contributed by atoms with Crippen LogP contribution in [0.2, 0.25) is 0 Å². The number of nitrogens with zero attached hydrogens (tertiary/aromatic N) is 2. The van der Waals surface area contributed by atoms with E-state index in [1.54, 1.807) is 12.1 Å². The van der Waals surface area contributed by atoms with Crippen molar-refractivity contribution in [3.05, 3.63) is 81.5 Å². The normalized spacial score (nSPS) is 11.3. The van der Waals surface area contributed by atoms with Gasteiger partial charge in [0.05, 0.1) is 12.1 Å². The Labute approximate surface area is 190 Å². The third-order valence-corrected chi connectivity index (χ3v) is 6.07. The van der Waals surface area contributed by atoms with Crippen molar-refractivity contribution >= 4 is 5.97 Å². The molecule has 0 aliphatic rings. The second kappa shape index (κ2) is 10.5. The van der Waals surface area contributed by atoms with Gasteiger partial charge in [-0.2, -0.15) is 0 Å². The number of aromatic carboxylic acids is 1. The molecule has 0 saturated heterocycles. The predicted molar refractivity (Wildman–Crippen MR) is 129 cm³/mol. The maximum atomic E-state index is 13.3. The Kier molecular flexibility index (Phi) is 7.73. The van der Waals surface area contributed by atoms with Crippen molar-refractivity contribution in [2.45, 2.75) is 66.5 Å². The predicted octanol–water partition coefficient (Wildman–Crippen LogP) is 5.76. The first-order valence-electron chi connectivity index (χ1n) is 11.5. The molecule has 5 heteroatoms. The van der Waals surface area contributed by atoms with Gasteiger partial charge in [-0.3, -0.25) is 9.13 Å². The van der Waals surface area contributed by atoms with E-state index in [2.05, 4.69) is 27.7 Å². The van der Waals surface area contributed by atoms with Gasteiger partial charge in [-0.25, -0.2) is 9.59 Å². The number of carboxylic acids is 1. The lowest BCUT2D eigenvalue weighted by molar-refractivity contribution is 0.0697. The molecule has 0 unspecified atom stereocenters. The van der Waals surface area contributed by atoms with Crippen LogP contribution in [0.15, 0.2) is 53.3 Å². The topological polar surface area (TPSA) is 64.2 Å². The van der Waals surface area contributed by atoms with Gasteiger partial charge in [-0.15, -0.1) is 0 Å². The van der Waals surface area contributed by atoms with Gasteiger partial charge in [0.15, 0.2) is 0 Å². The molecule has 2 aromatic carbocycles. The molecule has 3 rings (SSSR count). The van der Waals surface area contributed by atoms with E-state index in [4.69, 9.17) is 0 Å². The van der Waals surface area contributed by atoms with Crippen LogP contribution >= 0.6 is 0 Å². The average Bonchev–Trinajstić information content (AvgIpc) is 3.00. The molecular weight excluding hydrogens is 400 g/mol. The minimum Gasteiger partial charge on any atom is -0.478 e. The molecule has 0 aliphatic carbocycles. The van der Waals surface area contributed by atoms with Crippen molar-refractivity contribution in [3.63, 3.8) is 0 Å². The lowest BCUT2D eigenvalue weighted by Gasteiger charge is -2.10. The van der Waals surface area contributed by atoms with Crippen molar-refractivity contribution in [2.24, 2.45) is 5.92 Å². The van der Waals surface area contributed by atoms with Crippen LogP contribution in [0.5, 0.6) is 0 Å². The van der Waals surface area contributed by atoms with Crippen molar-refractivity contribution in [2.75, 3.05) is 0 Å². The van der Waals surface area contributed by atoms with Crippen LogP contribution in [0.25, 0.3) is 11.1 Å². The molecule has 170 valence electrons. The quantitative estimate of drug-likeness (QED) is 0.441. The Morgan fingerprint density at radius 3 is 2.34 bits per heavy atom. The van der Waals surface area contributed by atoms with Crippen molar-refractivity contribution in [3.8, 4) is 11.1 Å². The van der Waals surface area contributed by atoms with Crippen LogP contribution in [0.4, 0.5) is 0 Å². The lowest BCUT2D eigenvalue weighted by Crippen LogP contribution is -2.26. The van der Waals surface area contributed by atoms with Crippen molar-refractivity contribution in [1.29, 1.82) is 0 Å². The molecular formula is C27H34N2O3. The van der Waals surface area contributed by atoms with E-state index in [1.165, 1.54) is 0 Å². The molecule has 0 bridgehead atoms. The first-order chi connectivity index (χ1) is 15.3. The largest absolute Gasteiger partial charge is 0.478 e. The minimum absolute atomic E-state index is 0.0644. The summed E-state index contributed by atoms with van der Waals surface area (Å²) in [5, 5.41) is 9.47. The zero-order valence-corrected chi connectivity index (χ0v) is 19.6. The van der Waals surface area contributed by atoms with Gasteiger partial charge in [-0.1, -0.05) is 69.7 Å². The second-order valence-corrected chi connectivity index (χ2v) is 8.89. The molecule has 0 radical (unpaired) electrons. The smallest absolute Gasteiger partial charge is 0.336 e. The number of benzene rings is 2. The maximum Gasteiger partial charge on any atom is 0.336 e.